The summed E-state index contributed by atoms with van der Waals surface area (Å²) in [6.07, 6.45) is 2.23. The minimum Gasteiger partial charge on any atom is -0.469 e. The molecule has 2 aromatic rings. The molecule has 1 saturated heterocycles. The largest absolute Gasteiger partial charge is 0.469 e. The van der Waals surface area contributed by atoms with Crippen molar-refractivity contribution in [1.29, 1.82) is 0 Å². The predicted octanol–water partition coefficient (Wildman–Crippen LogP) is 7.37. The molecule has 2 heterocycles. The lowest BCUT2D eigenvalue weighted by molar-refractivity contribution is -0.153. The van der Waals surface area contributed by atoms with Crippen molar-refractivity contribution in [3.8, 4) is 0 Å². The number of carbonyl (C=O) groups excluding carboxylic acids is 3. The molecule has 1 aliphatic carbocycles. The van der Waals surface area contributed by atoms with E-state index >= 15 is 0 Å². The molecule has 0 saturated carbocycles. The van der Waals surface area contributed by atoms with Crippen LogP contribution in [-0.2, 0) is 29.9 Å². The molecule has 10 heteroatoms. The SMILES string of the molecule is CC[Si](CC)(CC)O[C@H](CC(=O)OC)[C@]12CCCN(C(=O)CBr)[C@@H]1c1c(n(C(=O)OC(C)(C)C)c3ccccc13)CC2. The number of hydrogen-bond acceptors (Lipinski definition) is 6. The third-order valence-corrected chi connectivity index (χ3v) is 14.7. The Balaban J connectivity index is 2.00. The molecule has 42 heavy (non-hydrogen) atoms. The van der Waals surface area contributed by atoms with Crippen molar-refractivity contribution in [1.82, 2.24) is 9.47 Å². The van der Waals surface area contributed by atoms with Crippen LogP contribution < -0.4 is 0 Å². The van der Waals surface area contributed by atoms with E-state index in [1.807, 2.05) is 49.9 Å². The molecule has 4 rings (SSSR count). The molecule has 1 fully saturated rings. The Morgan fingerprint density at radius 2 is 1.76 bits per heavy atom. The molecule has 1 aliphatic heterocycles. The first kappa shape index (κ1) is 32.7. The lowest BCUT2D eigenvalue weighted by Gasteiger charge is -2.57. The van der Waals surface area contributed by atoms with E-state index < -0.39 is 31.5 Å². The Bertz CT molecular complexity index is 1310. The number of para-hydroxylation sites is 1. The number of ether oxygens (including phenoxy) is 2. The number of esters is 1. The minimum absolute atomic E-state index is 0.00664. The van der Waals surface area contributed by atoms with Crippen LogP contribution in [0.3, 0.4) is 0 Å². The summed E-state index contributed by atoms with van der Waals surface area (Å²) < 4.78 is 20.1. The van der Waals surface area contributed by atoms with Gasteiger partial charge in [0.25, 0.3) is 0 Å². The number of hydrogen-bond donors (Lipinski definition) is 0. The second-order valence-corrected chi connectivity index (χ2v) is 18.1. The zero-order chi connectivity index (χ0) is 30.9. The first-order valence-corrected chi connectivity index (χ1v) is 19.0. The van der Waals surface area contributed by atoms with Gasteiger partial charge in [-0.25, -0.2) is 9.36 Å². The fourth-order valence-corrected chi connectivity index (χ4v) is 10.6. The Morgan fingerprint density at radius 3 is 2.36 bits per heavy atom. The number of amides is 1. The summed E-state index contributed by atoms with van der Waals surface area (Å²) in [5, 5.41) is 1.13. The zero-order valence-electron chi connectivity index (χ0n) is 26.3. The van der Waals surface area contributed by atoms with Gasteiger partial charge in [0.05, 0.1) is 36.5 Å². The summed E-state index contributed by atoms with van der Waals surface area (Å²) in [5.41, 5.74) is 1.45. The molecule has 1 aromatic carbocycles. The van der Waals surface area contributed by atoms with Crippen LogP contribution >= 0.6 is 15.9 Å². The van der Waals surface area contributed by atoms with Crippen LogP contribution in [0.4, 0.5) is 4.79 Å². The summed E-state index contributed by atoms with van der Waals surface area (Å²) in [6.45, 7) is 12.8. The molecular weight excluding hydrogens is 616 g/mol. The van der Waals surface area contributed by atoms with Crippen molar-refractivity contribution >= 4 is 53.1 Å². The molecule has 0 bridgehead atoms. The summed E-state index contributed by atoms with van der Waals surface area (Å²) in [7, 11) is -0.743. The van der Waals surface area contributed by atoms with Gasteiger partial charge in [0.1, 0.15) is 5.60 Å². The number of methoxy groups -OCH3 is 1. The molecule has 1 aromatic heterocycles. The van der Waals surface area contributed by atoms with Gasteiger partial charge in [-0.05, 0) is 70.7 Å². The van der Waals surface area contributed by atoms with Gasteiger partial charge in [0, 0.05) is 28.6 Å². The van der Waals surface area contributed by atoms with Crippen LogP contribution in [0.2, 0.25) is 18.1 Å². The van der Waals surface area contributed by atoms with E-state index in [4.69, 9.17) is 13.9 Å². The second-order valence-electron chi connectivity index (χ2n) is 12.8. The second kappa shape index (κ2) is 12.8. The molecule has 1 amide bonds. The molecule has 8 nitrogen and oxygen atoms in total. The first-order valence-electron chi connectivity index (χ1n) is 15.4. The number of alkyl halides is 1. The van der Waals surface area contributed by atoms with Crippen LogP contribution in [-0.4, -0.2) is 66.4 Å². The fraction of sp³-hybridized carbons (Fsp3) is 0.656. The van der Waals surface area contributed by atoms with Crippen LogP contribution in [0.15, 0.2) is 24.3 Å². The molecule has 3 atom stereocenters. The highest BCUT2D eigenvalue weighted by Crippen LogP contribution is 2.59. The van der Waals surface area contributed by atoms with E-state index in [0.29, 0.717) is 19.4 Å². The zero-order valence-corrected chi connectivity index (χ0v) is 28.8. The van der Waals surface area contributed by atoms with Crippen LogP contribution in [0.25, 0.3) is 10.9 Å². The van der Waals surface area contributed by atoms with E-state index in [2.05, 4.69) is 36.7 Å². The smallest absolute Gasteiger partial charge is 0.419 e. The quantitative estimate of drug-likeness (QED) is 0.158. The van der Waals surface area contributed by atoms with Gasteiger partial charge >= 0.3 is 12.1 Å². The number of halogens is 1. The predicted molar refractivity (Wildman–Crippen MR) is 171 cm³/mol. The highest BCUT2D eigenvalue weighted by molar-refractivity contribution is 9.09. The van der Waals surface area contributed by atoms with Crippen LogP contribution in [0.5, 0.6) is 0 Å². The maximum Gasteiger partial charge on any atom is 0.419 e. The van der Waals surface area contributed by atoms with Gasteiger partial charge in [-0.2, -0.15) is 0 Å². The topological polar surface area (TPSA) is 87.1 Å². The van der Waals surface area contributed by atoms with E-state index in [-0.39, 0.29) is 29.7 Å². The molecule has 2 aliphatic rings. The average molecular weight is 664 g/mol. The van der Waals surface area contributed by atoms with E-state index in [1.165, 1.54) is 7.11 Å². The summed E-state index contributed by atoms with van der Waals surface area (Å²) in [5.74, 6) is -0.307. The summed E-state index contributed by atoms with van der Waals surface area (Å²) in [6, 6.07) is 10.4. The van der Waals surface area contributed by atoms with Crippen LogP contribution in [0.1, 0.15) is 84.5 Å². The maximum absolute atomic E-state index is 13.7. The van der Waals surface area contributed by atoms with Gasteiger partial charge in [0.15, 0.2) is 8.32 Å². The Kier molecular flexibility index (Phi) is 9.99. The lowest BCUT2D eigenvalue weighted by atomic mass is 9.60. The monoisotopic (exact) mass is 662 g/mol. The van der Waals surface area contributed by atoms with Crippen molar-refractivity contribution in [2.45, 2.75) is 110 Å². The number of benzene rings is 1. The van der Waals surface area contributed by atoms with Crippen LogP contribution in [0, 0.1) is 5.41 Å². The standard InChI is InChI=1S/C32H47BrN2O6Si/c1-8-42(9-2,10-3)41-25(20-27(37)39-7)32-17-13-19-34(26(36)21-33)29(32)28-22-14-11-12-15-23(22)35(24(28)16-18-32)30(38)40-31(4,5)6/h11-12,14-15,25,29H,8-10,13,16-21H2,1-7H3/t25-,29-,32-/m1/s1. The molecular formula is C32H47BrN2O6Si. The lowest BCUT2D eigenvalue weighted by Crippen LogP contribution is -2.59. The van der Waals surface area contributed by atoms with Crippen molar-refractivity contribution < 1.29 is 28.3 Å². The number of nitrogens with zero attached hydrogens (tertiary/aromatic N) is 2. The third-order valence-electron chi connectivity index (χ3n) is 9.57. The highest BCUT2D eigenvalue weighted by atomic mass is 79.9. The van der Waals surface area contributed by atoms with Gasteiger partial charge in [-0.1, -0.05) is 54.9 Å². The third kappa shape index (κ3) is 5.95. The van der Waals surface area contributed by atoms with Crippen molar-refractivity contribution in [2.75, 3.05) is 19.0 Å². The number of piperidine rings is 1. The number of likely N-dealkylation sites (tertiary alicyclic amines) is 1. The normalized spacial score (nSPS) is 21.4. The van der Waals surface area contributed by atoms with Crippen molar-refractivity contribution in [2.24, 2.45) is 5.41 Å². The average Bonchev–Trinajstić information content (AvgIpc) is 3.32. The number of fused-ring (bicyclic) bond motifs is 5. The number of carbonyl (C=O) groups is 3. The van der Waals surface area contributed by atoms with Gasteiger partial charge < -0.3 is 18.8 Å². The molecule has 0 spiro atoms. The van der Waals surface area contributed by atoms with E-state index in [9.17, 15) is 14.4 Å². The molecule has 0 unspecified atom stereocenters. The fourth-order valence-electron chi connectivity index (χ4n) is 7.34. The minimum atomic E-state index is -2.17. The number of rotatable bonds is 9. The Labute approximate surface area is 259 Å². The van der Waals surface area contributed by atoms with E-state index in [0.717, 1.165) is 53.1 Å². The molecule has 0 N–H and O–H groups in total. The van der Waals surface area contributed by atoms with Gasteiger partial charge in [-0.15, -0.1) is 0 Å². The van der Waals surface area contributed by atoms with Crippen molar-refractivity contribution in [3.63, 3.8) is 0 Å². The first-order chi connectivity index (χ1) is 19.9. The molecule has 232 valence electrons. The van der Waals surface area contributed by atoms with Gasteiger partial charge in [0.2, 0.25) is 5.91 Å². The van der Waals surface area contributed by atoms with Crippen molar-refractivity contribution in [3.05, 3.63) is 35.5 Å². The summed E-state index contributed by atoms with van der Waals surface area (Å²) in [4.78, 5) is 42.3. The van der Waals surface area contributed by atoms with E-state index in [1.54, 1.807) is 4.57 Å². The van der Waals surface area contributed by atoms with Gasteiger partial charge in [-0.3, -0.25) is 9.59 Å². The molecule has 0 radical (unpaired) electrons. The highest BCUT2D eigenvalue weighted by Gasteiger charge is 2.57. The summed E-state index contributed by atoms with van der Waals surface area (Å²) >= 11 is 3.44. The Hall–Kier alpha value is -2.17. The Morgan fingerprint density at radius 1 is 1.10 bits per heavy atom. The maximum atomic E-state index is 13.7. The number of aromatic nitrogens is 1.